The average molecular weight is 429 g/mol. The van der Waals surface area contributed by atoms with Crippen molar-refractivity contribution in [3.05, 3.63) is 59.7 Å². The summed E-state index contributed by atoms with van der Waals surface area (Å²) in [6, 6.07) is 15.8. The van der Waals surface area contributed by atoms with Crippen LogP contribution in [0.4, 0.5) is 4.79 Å². The van der Waals surface area contributed by atoms with Crippen LogP contribution >= 0.6 is 0 Å². The van der Waals surface area contributed by atoms with Gasteiger partial charge in [0.2, 0.25) is 0 Å². The van der Waals surface area contributed by atoms with Gasteiger partial charge in [-0.15, -0.1) is 0 Å². The number of hydrogen-bond donors (Lipinski definition) is 5. The van der Waals surface area contributed by atoms with E-state index in [9.17, 15) is 24.9 Å². The van der Waals surface area contributed by atoms with E-state index in [0.717, 1.165) is 22.3 Å². The summed E-state index contributed by atoms with van der Waals surface area (Å²) in [7, 11) is 0. The SMILES string of the molecule is O=C(NCC1OC(C(=O)O)C(O)C(O)C1O)OCC1c2ccccc2-c2ccccc21. The van der Waals surface area contributed by atoms with Crippen LogP contribution in [0.3, 0.4) is 0 Å². The molecule has 2 aromatic rings. The number of hydrogen-bond acceptors (Lipinski definition) is 7. The molecule has 4 rings (SSSR count). The molecule has 5 N–H and O–H groups in total. The summed E-state index contributed by atoms with van der Waals surface area (Å²) in [6.07, 6.45) is -8.78. The number of aliphatic hydroxyl groups is 3. The van der Waals surface area contributed by atoms with Gasteiger partial charge in [-0.05, 0) is 22.3 Å². The highest BCUT2D eigenvalue weighted by atomic mass is 16.6. The van der Waals surface area contributed by atoms with Gasteiger partial charge in [0, 0.05) is 12.5 Å². The first kappa shape index (κ1) is 21.3. The fourth-order valence-corrected chi connectivity index (χ4v) is 4.16. The van der Waals surface area contributed by atoms with Gasteiger partial charge in [0.25, 0.3) is 0 Å². The molecule has 1 aliphatic heterocycles. The number of carboxylic acids is 1. The van der Waals surface area contributed by atoms with E-state index < -0.39 is 42.6 Å². The van der Waals surface area contributed by atoms with Gasteiger partial charge >= 0.3 is 12.1 Å². The van der Waals surface area contributed by atoms with E-state index in [1.165, 1.54) is 0 Å². The van der Waals surface area contributed by atoms with E-state index in [2.05, 4.69) is 5.32 Å². The van der Waals surface area contributed by atoms with Crippen LogP contribution in [0.15, 0.2) is 48.5 Å². The molecular formula is C22H23NO8. The Morgan fingerprint density at radius 1 is 0.903 bits per heavy atom. The minimum atomic E-state index is -1.78. The third-order valence-electron chi connectivity index (χ3n) is 5.75. The minimum absolute atomic E-state index is 0.0903. The topological polar surface area (TPSA) is 146 Å². The van der Waals surface area contributed by atoms with Crippen LogP contribution in [-0.4, -0.2) is 76.2 Å². The molecule has 1 fully saturated rings. The fraction of sp³-hybridized carbons (Fsp3) is 0.364. The largest absolute Gasteiger partial charge is 0.479 e. The smallest absolute Gasteiger partial charge is 0.407 e. The van der Waals surface area contributed by atoms with Crippen molar-refractivity contribution >= 4 is 12.1 Å². The third-order valence-corrected chi connectivity index (χ3v) is 5.75. The lowest BCUT2D eigenvalue weighted by atomic mass is 9.95. The van der Waals surface area contributed by atoms with Crippen molar-refractivity contribution in [2.24, 2.45) is 0 Å². The first-order valence-corrected chi connectivity index (χ1v) is 9.89. The highest BCUT2D eigenvalue weighted by Crippen LogP contribution is 2.44. The first-order chi connectivity index (χ1) is 14.9. The number of aliphatic hydroxyl groups excluding tert-OH is 3. The maximum absolute atomic E-state index is 12.2. The fourth-order valence-electron chi connectivity index (χ4n) is 4.16. The Kier molecular flexibility index (Phi) is 5.92. The predicted molar refractivity (Wildman–Crippen MR) is 107 cm³/mol. The van der Waals surface area contributed by atoms with Crippen LogP contribution in [0.5, 0.6) is 0 Å². The molecule has 2 aromatic carbocycles. The van der Waals surface area contributed by atoms with E-state index in [-0.39, 0.29) is 19.1 Å². The molecule has 31 heavy (non-hydrogen) atoms. The quantitative estimate of drug-likeness (QED) is 0.461. The summed E-state index contributed by atoms with van der Waals surface area (Å²) in [4.78, 5) is 23.4. The van der Waals surface area contributed by atoms with Crippen LogP contribution < -0.4 is 5.32 Å². The Hall–Kier alpha value is -2.98. The molecular weight excluding hydrogens is 406 g/mol. The second-order valence-electron chi connectivity index (χ2n) is 7.61. The molecule has 5 atom stereocenters. The number of aliphatic carboxylic acids is 1. The number of fused-ring (bicyclic) bond motifs is 3. The van der Waals surface area contributed by atoms with Crippen molar-refractivity contribution in [1.29, 1.82) is 0 Å². The Bertz CT molecular complexity index is 934. The maximum atomic E-state index is 12.2. The second kappa shape index (κ2) is 8.64. The number of nitrogens with one attached hydrogen (secondary N) is 1. The summed E-state index contributed by atoms with van der Waals surface area (Å²) in [5.74, 6) is -1.60. The zero-order chi connectivity index (χ0) is 22.1. The highest BCUT2D eigenvalue weighted by molar-refractivity contribution is 5.79. The summed E-state index contributed by atoms with van der Waals surface area (Å²) < 4.78 is 10.5. The molecule has 0 saturated carbocycles. The molecule has 1 amide bonds. The van der Waals surface area contributed by atoms with E-state index in [0.29, 0.717) is 0 Å². The first-order valence-electron chi connectivity index (χ1n) is 9.89. The molecule has 1 heterocycles. The molecule has 0 aromatic heterocycles. The normalized spacial score (nSPS) is 27.3. The number of amides is 1. The monoisotopic (exact) mass is 429 g/mol. The molecule has 0 spiro atoms. The van der Waals surface area contributed by atoms with Crippen molar-refractivity contribution in [2.45, 2.75) is 36.4 Å². The second-order valence-corrected chi connectivity index (χ2v) is 7.61. The van der Waals surface area contributed by atoms with Crippen molar-refractivity contribution in [2.75, 3.05) is 13.2 Å². The van der Waals surface area contributed by atoms with Gasteiger partial charge in [0.15, 0.2) is 6.10 Å². The summed E-state index contributed by atoms with van der Waals surface area (Å²) >= 11 is 0. The third kappa shape index (κ3) is 4.00. The molecule has 0 bridgehead atoms. The Morgan fingerprint density at radius 3 is 2.06 bits per heavy atom. The zero-order valence-corrected chi connectivity index (χ0v) is 16.4. The Labute approximate surface area is 177 Å². The van der Waals surface area contributed by atoms with Crippen LogP contribution in [0.2, 0.25) is 0 Å². The molecule has 1 saturated heterocycles. The van der Waals surface area contributed by atoms with Crippen LogP contribution in [0.1, 0.15) is 17.0 Å². The lowest BCUT2D eigenvalue weighted by molar-refractivity contribution is -0.226. The van der Waals surface area contributed by atoms with E-state index in [1.807, 2.05) is 48.5 Å². The standard InChI is InChI=1S/C22H23NO8/c24-17-16(31-20(21(27)28)19(26)18(17)25)9-23-22(29)30-10-15-13-7-3-1-5-11(13)12-6-2-4-8-14(12)15/h1-8,15-20,24-26H,9-10H2,(H,23,29)(H,27,28). The summed E-state index contributed by atoms with van der Waals surface area (Å²) in [5, 5.41) is 41.1. The summed E-state index contributed by atoms with van der Waals surface area (Å²) in [5.41, 5.74) is 4.31. The van der Waals surface area contributed by atoms with E-state index in [1.54, 1.807) is 0 Å². The predicted octanol–water partition coefficient (Wildman–Crippen LogP) is 0.460. The van der Waals surface area contributed by atoms with E-state index in [4.69, 9.17) is 14.6 Å². The Morgan fingerprint density at radius 2 is 1.48 bits per heavy atom. The number of carbonyl (C=O) groups excluding carboxylic acids is 1. The summed E-state index contributed by atoms with van der Waals surface area (Å²) in [6.45, 7) is -0.210. The minimum Gasteiger partial charge on any atom is -0.479 e. The van der Waals surface area contributed by atoms with E-state index >= 15 is 0 Å². The Balaban J connectivity index is 1.37. The number of benzene rings is 2. The van der Waals surface area contributed by atoms with Gasteiger partial charge in [-0.25, -0.2) is 9.59 Å². The molecule has 9 nitrogen and oxygen atoms in total. The van der Waals surface area contributed by atoms with Gasteiger partial charge in [0.05, 0.1) is 0 Å². The van der Waals surface area contributed by atoms with Crippen molar-refractivity contribution in [1.82, 2.24) is 5.32 Å². The van der Waals surface area contributed by atoms with Crippen LogP contribution in [0, 0.1) is 0 Å². The van der Waals surface area contributed by atoms with Gasteiger partial charge in [-0.3, -0.25) is 0 Å². The number of carbonyl (C=O) groups is 2. The molecule has 2 aliphatic rings. The molecule has 5 unspecified atom stereocenters. The highest BCUT2D eigenvalue weighted by Gasteiger charge is 2.46. The van der Waals surface area contributed by atoms with Gasteiger partial charge in [-0.1, -0.05) is 48.5 Å². The maximum Gasteiger partial charge on any atom is 0.407 e. The van der Waals surface area contributed by atoms with Crippen LogP contribution in [-0.2, 0) is 14.3 Å². The lowest BCUT2D eigenvalue weighted by Gasteiger charge is -2.38. The van der Waals surface area contributed by atoms with Crippen molar-refractivity contribution < 1.29 is 39.5 Å². The number of alkyl carbamates (subject to hydrolysis) is 1. The van der Waals surface area contributed by atoms with Gasteiger partial charge in [0.1, 0.15) is 31.0 Å². The number of rotatable bonds is 5. The van der Waals surface area contributed by atoms with Gasteiger partial charge < -0.3 is 35.2 Å². The van der Waals surface area contributed by atoms with Gasteiger partial charge in [-0.2, -0.15) is 0 Å². The zero-order valence-electron chi connectivity index (χ0n) is 16.4. The lowest BCUT2D eigenvalue weighted by Crippen LogP contribution is -2.61. The molecule has 1 aliphatic carbocycles. The number of carboxylic acid groups (broad SMARTS) is 1. The molecule has 9 heteroatoms. The molecule has 0 radical (unpaired) electrons. The van der Waals surface area contributed by atoms with Crippen molar-refractivity contribution in [3.63, 3.8) is 0 Å². The molecule has 164 valence electrons. The van der Waals surface area contributed by atoms with Crippen LogP contribution in [0.25, 0.3) is 11.1 Å². The number of ether oxygens (including phenoxy) is 2. The average Bonchev–Trinajstić information content (AvgIpc) is 3.09. The van der Waals surface area contributed by atoms with Crippen molar-refractivity contribution in [3.8, 4) is 11.1 Å².